The van der Waals surface area contributed by atoms with Crippen LogP contribution in [0.1, 0.15) is 22.3 Å². The Bertz CT molecular complexity index is 4010. The number of fused-ring (bicyclic) bond motifs is 9. The molecule has 14 rings (SSSR count). The van der Waals surface area contributed by atoms with Gasteiger partial charge in [-0.25, -0.2) is 0 Å². The topological polar surface area (TPSA) is 21.3 Å². The molecule has 3 nitrogen and oxygen atoms in total. The molecule has 0 saturated heterocycles. The van der Waals surface area contributed by atoms with Crippen molar-refractivity contribution in [3.8, 4) is 39.1 Å². The maximum absolute atomic E-state index is 6.23. The zero-order valence-electron chi connectivity index (χ0n) is 38.2. The van der Waals surface area contributed by atoms with Crippen LogP contribution in [-0.2, 0) is 5.41 Å². The fourth-order valence-corrected chi connectivity index (χ4v) is 11.6. The Kier molecular flexibility index (Phi) is 9.11. The zero-order valence-corrected chi connectivity index (χ0v) is 38.2. The summed E-state index contributed by atoms with van der Waals surface area (Å²) < 4.78 is 8.60. The van der Waals surface area contributed by atoms with E-state index in [1.807, 2.05) is 12.1 Å². The maximum atomic E-state index is 6.23. The number of para-hydroxylation sites is 3. The summed E-state index contributed by atoms with van der Waals surface area (Å²) in [7, 11) is 0. The van der Waals surface area contributed by atoms with Crippen LogP contribution in [0.5, 0.6) is 0 Å². The lowest BCUT2D eigenvalue weighted by molar-refractivity contribution is 0.669. The molecule has 70 heavy (non-hydrogen) atoms. The summed E-state index contributed by atoms with van der Waals surface area (Å²) in [6.07, 6.45) is 0. The highest BCUT2D eigenvalue weighted by Gasteiger charge is 2.45. The fraction of sp³-hybridized carbons (Fsp3) is 0.0149. The van der Waals surface area contributed by atoms with Crippen molar-refractivity contribution in [3.05, 3.63) is 289 Å². The van der Waals surface area contributed by atoms with Gasteiger partial charge in [-0.15, -0.1) is 0 Å². The second-order valence-electron chi connectivity index (χ2n) is 18.4. The summed E-state index contributed by atoms with van der Waals surface area (Å²) in [5.41, 5.74) is 20.4. The van der Waals surface area contributed by atoms with Crippen LogP contribution in [0.4, 0.5) is 17.1 Å². The molecule has 0 bridgehead atoms. The first-order valence-corrected chi connectivity index (χ1v) is 24.1. The minimum atomic E-state index is -0.480. The van der Waals surface area contributed by atoms with Crippen LogP contribution in [0.2, 0.25) is 0 Å². The smallest absolute Gasteiger partial charge is 0.135 e. The van der Waals surface area contributed by atoms with Crippen molar-refractivity contribution < 1.29 is 4.42 Å². The van der Waals surface area contributed by atoms with E-state index in [0.29, 0.717) is 0 Å². The second kappa shape index (κ2) is 16.0. The third-order valence-corrected chi connectivity index (χ3v) is 14.7. The van der Waals surface area contributed by atoms with E-state index in [2.05, 4.69) is 264 Å². The van der Waals surface area contributed by atoms with Gasteiger partial charge in [-0.05, 0) is 134 Å². The molecule has 0 aliphatic heterocycles. The van der Waals surface area contributed by atoms with Gasteiger partial charge >= 0.3 is 0 Å². The average Bonchev–Trinajstić information content (AvgIpc) is 4.08. The molecule has 0 radical (unpaired) electrons. The average molecular weight is 893 g/mol. The summed E-state index contributed by atoms with van der Waals surface area (Å²) in [5.74, 6) is 0. The van der Waals surface area contributed by atoms with E-state index in [-0.39, 0.29) is 0 Å². The van der Waals surface area contributed by atoms with Crippen LogP contribution >= 0.6 is 0 Å². The number of benzene rings is 11. The van der Waals surface area contributed by atoms with Crippen molar-refractivity contribution in [1.29, 1.82) is 0 Å². The predicted octanol–water partition coefficient (Wildman–Crippen LogP) is 17.8. The SMILES string of the molecule is c1ccc(C2(c3ccc(N(c4ccc(-c5ccc(-n6c7ccccc7c7ccccc76)cc5)cc4)c4cccc(-c5ccc6oc7ccccc7c6c5)c4)cc3)c3ccccc3-c3ccccc32)cc1. The molecule has 2 heterocycles. The van der Waals surface area contributed by atoms with E-state index >= 15 is 0 Å². The van der Waals surface area contributed by atoms with Crippen molar-refractivity contribution in [3.63, 3.8) is 0 Å². The van der Waals surface area contributed by atoms with Crippen LogP contribution in [0.3, 0.4) is 0 Å². The van der Waals surface area contributed by atoms with Crippen LogP contribution in [-0.4, -0.2) is 4.57 Å². The molecule has 11 aromatic carbocycles. The first-order chi connectivity index (χ1) is 34.7. The Morgan fingerprint density at radius 2 is 0.814 bits per heavy atom. The summed E-state index contributed by atoms with van der Waals surface area (Å²) in [6, 6.07) is 97.3. The third-order valence-electron chi connectivity index (χ3n) is 14.7. The number of rotatable bonds is 8. The van der Waals surface area contributed by atoms with Crippen molar-refractivity contribution in [2.45, 2.75) is 5.41 Å². The number of nitrogens with zero attached hydrogens (tertiary/aromatic N) is 2. The van der Waals surface area contributed by atoms with E-state index in [9.17, 15) is 0 Å². The molecule has 0 unspecified atom stereocenters. The Balaban J connectivity index is 0.879. The van der Waals surface area contributed by atoms with Gasteiger partial charge in [0.15, 0.2) is 0 Å². The van der Waals surface area contributed by atoms with Crippen molar-refractivity contribution >= 4 is 60.8 Å². The standard InChI is InChI=1S/C67H44N2O/c1-2-16-49(17-3-1)67(61-24-9-4-19-55(61)56-20-5-10-25-62(56)67)50-34-40-52(41-35-50)68(54-18-14-15-47(43-54)48-33-42-66-60(44-48)59-23-8-13-28-65(59)70-66)51-36-29-45(30-37-51)46-31-38-53(39-32-46)69-63-26-11-6-21-57(63)58-22-7-12-27-64(58)69/h1-44H. The highest BCUT2D eigenvalue weighted by molar-refractivity contribution is 6.09. The van der Waals surface area contributed by atoms with Gasteiger partial charge in [0, 0.05) is 44.3 Å². The molecular formula is C67H44N2O. The van der Waals surface area contributed by atoms with Gasteiger partial charge in [-0.2, -0.15) is 0 Å². The molecule has 2 aromatic heterocycles. The third kappa shape index (κ3) is 6.15. The van der Waals surface area contributed by atoms with Crippen molar-refractivity contribution in [1.82, 2.24) is 4.57 Å². The minimum Gasteiger partial charge on any atom is -0.456 e. The molecule has 13 aromatic rings. The number of hydrogen-bond donors (Lipinski definition) is 0. The molecule has 1 aliphatic rings. The van der Waals surface area contributed by atoms with Gasteiger partial charge in [-0.3, -0.25) is 0 Å². The molecule has 0 atom stereocenters. The summed E-state index contributed by atoms with van der Waals surface area (Å²) in [4.78, 5) is 2.39. The Morgan fingerprint density at radius 3 is 1.49 bits per heavy atom. The zero-order chi connectivity index (χ0) is 46.2. The molecule has 3 heteroatoms. The Labute approximate surface area is 406 Å². The lowest BCUT2D eigenvalue weighted by Gasteiger charge is -2.34. The van der Waals surface area contributed by atoms with Gasteiger partial charge < -0.3 is 13.9 Å². The molecule has 0 saturated carbocycles. The largest absolute Gasteiger partial charge is 0.456 e. The Hall–Kier alpha value is -9.18. The molecule has 0 amide bonds. The quantitative estimate of drug-likeness (QED) is 0.152. The van der Waals surface area contributed by atoms with Crippen LogP contribution in [0.25, 0.3) is 82.8 Å². The number of anilines is 3. The molecule has 0 N–H and O–H groups in total. The van der Waals surface area contributed by atoms with E-state index in [0.717, 1.165) is 61.4 Å². The lowest BCUT2D eigenvalue weighted by atomic mass is 9.68. The minimum absolute atomic E-state index is 0.480. The first kappa shape index (κ1) is 39.9. The molecule has 0 spiro atoms. The van der Waals surface area contributed by atoms with Crippen LogP contribution in [0, 0.1) is 0 Å². The molecular weight excluding hydrogens is 849 g/mol. The first-order valence-electron chi connectivity index (χ1n) is 24.1. The normalized spacial score (nSPS) is 12.7. The highest BCUT2D eigenvalue weighted by Crippen LogP contribution is 2.56. The van der Waals surface area contributed by atoms with Gasteiger partial charge in [-0.1, -0.05) is 188 Å². The summed E-state index contributed by atoms with van der Waals surface area (Å²) >= 11 is 0. The molecule has 0 fully saturated rings. The van der Waals surface area contributed by atoms with Crippen molar-refractivity contribution in [2.75, 3.05) is 4.90 Å². The van der Waals surface area contributed by atoms with Gasteiger partial charge in [0.05, 0.1) is 16.4 Å². The van der Waals surface area contributed by atoms with E-state index < -0.39 is 5.41 Å². The number of furan rings is 1. The van der Waals surface area contributed by atoms with Crippen molar-refractivity contribution in [2.24, 2.45) is 0 Å². The van der Waals surface area contributed by atoms with Crippen LogP contribution in [0.15, 0.2) is 271 Å². The summed E-state index contributed by atoms with van der Waals surface area (Å²) in [5, 5.41) is 4.77. The van der Waals surface area contributed by atoms with Gasteiger partial charge in [0.25, 0.3) is 0 Å². The molecule has 1 aliphatic carbocycles. The fourth-order valence-electron chi connectivity index (χ4n) is 11.6. The number of aromatic nitrogens is 1. The Morgan fingerprint density at radius 1 is 0.314 bits per heavy atom. The number of hydrogen-bond acceptors (Lipinski definition) is 2. The van der Waals surface area contributed by atoms with E-state index in [4.69, 9.17) is 4.42 Å². The monoisotopic (exact) mass is 892 g/mol. The van der Waals surface area contributed by atoms with Gasteiger partial charge in [0.2, 0.25) is 0 Å². The van der Waals surface area contributed by atoms with E-state index in [1.165, 1.54) is 60.8 Å². The summed E-state index contributed by atoms with van der Waals surface area (Å²) in [6.45, 7) is 0. The van der Waals surface area contributed by atoms with E-state index in [1.54, 1.807) is 0 Å². The van der Waals surface area contributed by atoms with Gasteiger partial charge in [0.1, 0.15) is 11.2 Å². The predicted molar refractivity (Wildman–Crippen MR) is 291 cm³/mol. The maximum Gasteiger partial charge on any atom is 0.135 e. The lowest BCUT2D eigenvalue weighted by Crippen LogP contribution is -2.28. The molecule has 328 valence electrons. The highest BCUT2D eigenvalue weighted by atomic mass is 16.3. The van der Waals surface area contributed by atoms with Crippen LogP contribution < -0.4 is 4.90 Å². The second-order valence-corrected chi connectivity index (χ2v) is 18.4.